The van der Waals surface area contributed by atoms with Crippen LogP contribution in [0, 0.1) is 5.41 Å². The molecule has 1 saturated heterocycles. The highest BCUT2D eigenvalue weighted by Gasteiger charge is 2.38. The zero-order chi connectivity index (χ0) is 22.0. The summed E-state index contributed by atoms with van der Waals surface area (Å²) in [7, 11) is -2.06. The highest BCUT2D eigenvalue weighted by Crippen LogP contribution is 2.46. The number of hydrogen-bond acceptors (Lipinski definition) is 4. The zero-order valence-electron chi connectivity index (χ0n) is 18.1. The molecular weight excluding hydrogens is 410 g/mol. The van der Waals surface area contributed by atoms with Gasteiger partial charge in [0.2, 0.25) is 10.0 Å². The second-order valence-corrected chi connectivity index (χ2v) is 10.9. The Kier molecular flexibility index (Phi) is 4.53. The Hall–Kier alpha value is -2.64. The SMILES string of the molecule is COc1cc2c(cc1S(=O)(=O)N1CCCC1)Cc1c([nH]c3cc(C=N)ccc13)C2(C)C. The van der Waals surface area contributed by atoms with E-state index in [1.54, 1.807) is 4.31 Å². The third-order valence-corrected chi connectivity index (χ3v) is 8.75. The monoisotopic (exact) mass is 437 g/mol. The lowest BCUT2D eigenvalue weighted by Crippen LogP contribution is -2.30. The highest BCUT2D eigenvalue weighted by atomic mass is 32.2. The van der Waals surface area contributed by atoms with Crippen LogP contribution in [0.1, 0.15) is 54.6 Å². The molecule has 0 amide bonds. The van der Waals surface area contributed by atoms with Crippen molar-refractivity contribution >= 4 is 27.1 Å². The zero-order valence-corrected chi connectivity index (χ0v) is 18.9. The molecule has 1 aliphatic heterocycles. The van der Waals surface area contributed by atoms with E-state index in [0.29, 0.717) is 25.3 Å². The van der Waals surface area contributed by atoms with Gasteiger partial charge in [0.05, 0.1) is 7.11 Å². The molecule has 5 rings (SSSR count). The van der Waals surface area contributed by atoms with Crippen molar-refractivity contribution in [2.75, 3.05) is 20.2 Å². The van der Waals surface area contributed by atoms with Crippen LogP contribution in [0.5, 0.6) is 5.75 Å². The van der Waals surface area contributed by atoms with Gasteiger partial charge in [-0.25, -0.2) is 8.42 Å². The van der Waals surface area contributed by atoms with Gasteiger partial charge in [0, 0.05) is 47.7 Å². The number of methoxy groups -OCH3 is 1. The van der Waals surface area contributed by atoms with E-state index in [1.807, 2.05) is 24.3 Å². The van der Waals surface area contributed by atoms with Crippen molar-refractivity contribution in [1.82, 2.24) is 9.29 Å². The first-order valence-corrected chi connectivity index (χ1v) is 12.1. The fraction of sp³-hybridized carbons (Fsp3) is 0.375. The molecule has 0 atom stereocenters. The maximum absolute atomic E-state index is 13.4. The van der Waals surface area contributed by atoms with Crippen LogP contribution in [0.25, 0.3) is 10.9 Å². The predicted octanol–water partition coefficient (Wildman–Crippen LogP) is 4.19. The van der Waals surface area contributed by atoms with Gasteiger partial charge in [0.15, 0.2) is 0 Å². The molecule has 0 unspecified atom stereocenters. The number of nitrogens with one attached hydrogen (secondary N) is 2. The van der Waals surface area contributed by atoms with E-state index in [-0.39, 0.29) is 10.3 Å². The molecule has 1 aliphatic carbocycles. The van der Waals surface area contributed by atoms with Crippen LogP contribution < -0.4 is 4.74 Å². The van der Waals surface area contributed by atoms with Gasteiger partial charge in [0.25, 0.3) is 0 Å². The smallest absolute Gasteiger partial charge is 0.246 e. The number of aromatic nitrogens is 1. The topological polar surface area (TPSA) is 86.2 Å². The Morgan fingerprint density at radius 1 is 1.16 bits per heavy atom. The van der Waals surface area contributed by atoms with Crippen molar-refractivity contribution in [3.8, 4) is 5.75 Å². The second kappa shape index (κ2) is 6.93. The van der Waals surface area contributed by atoms with Crippen LogP contribution in [-0.2, 0) is 21.9 Å². The highest BCUT2D eigenvalue weighted by molar-refractivity contribution is 7.89. The third kappa shape index (κ3) is 2.94. The quantitative estimate of drug-likeness (QED) is 0.600. The maximum atomic E-state index is 13.4. The summed E-state index contributed by atoms with van der Waals surface area (Å²) in [4.78, 5) is 3.84. The number of benzene rings is 2. The van der Waals surface area contributed by atoms with Crippen molar-refractivity contribution in [1.29, 1.82) is 5.41 Å². The van der Waals surface area contributed by atoms with Crippen LogP contribution in [-0.4, -0.2) is 44.1 Å². The van der Waals surface area contributed by atoms with E-state index in [2.05, 4.69) is 24.9 Å². The lowest BCUT2D eigenvalue weighted by atomic mass is 9.72. The van der Waals surface area contributed by atoms with E-state index >= 15 is 0 Å². The second-order valence-electron chi connectivity index (χ2n) is 9.00. The van der Waals surface area contributed by atoms with Gasteiger partial charge in [0.1, 0.15) is 10.6 Å². The van der Waals surface area contributed by atoms with Crippen LogP contribution in [0.4, 0.5) is 0 Å². The largest absolute Gasteiger partial charge is 0.495 e. The first kappa shape index (κ1) is 20.3. The number of ether oxygens (including phenoxy) is 1. The molecule has 7 heteroatoms. The standard InChI is InChI=1S/C24H27N3O3S/c1-24(2)19-13-21(30-3)22(31(28,29)27-8-4-5-9-27)12-16(19)11-18-17-7-6-15(14-25)10-20(17)26-23(18)24/h6-7,10,12-14,25-26H,4-5,8-9,11H2,1-3H3. The lowest BCUT2D eigenvalue weighted by Gasteiger charge is -2.34. The predicted molar refractivity (Wildman–Crippen MR) is 122 cm³/mol. The molecule has 0 radical (unpaired) electrons. The number of rotatable bonds is 4. The van der Waals surface area contributed by atoms with Crippen molar-refractivity contribution < 1.29 is 13.2 Å². The molecular formula is C24H27N3O3S. The Bertz CT molecular complexity index is 1320. The number of fused-ring (bicyclic) bond motifs is 4. The van der Waals surface area contributed by atoms with Gasteiger partial charge in [-0.05, 0) is 53.3 Å². The molecule has 1 fully saturated rings. The average Bonchev–Trinajstić information content (AvgIpc) is 3.42. The molecule has 0 bridgehead atoms. The summed E-state index contributed by atoms with van der Waals surface area (Å²) in [5.74, 6) is 0.407. The fourth-order valence-corrected chi connectivity index (χ4v) is 6.87. The summed E-state index contributed by atoms with van der Waals surface area (Å²) < 4.78 is 33.9. The summed E-state index contributed by atoms with van der Waals surface area (Å²) in [5, 5.41) is 8.67. The van der Waals surface area contributed by atoms with Crippen molar-refractivity contribution in [3.63, 3.8) is 0 Å². The van der Waals surface area contributed by atoms with E-state index in [1.165, 1.54) is 18.9 Å². The molecule has 0 saturated carbocycles. The van der Waals surface area contributed by atoms with Gasteiger partial charge < -0.3 is 15.1 Å². The molecule has 1 aromatic heterocycles. The molecule has 2 aromatic carbocycles. The normalized spacial score (nSPS) is 18.0. The molecule has 162 valence electrons. The van der Waals surface area contributed by atoms with E-state index in [9.17, 15) is 8.42 Å². The summed E-state index contributed by atoms with van der Waals surface area (Å²) in [5.41, 5.74) is 5.94. The molecule has 6 nitrogen and oxygen atoms in total. The minimum absolute atomic E-state index is 0.265. The van der Waals surface area contributed by atoms with Crippen molar-refractivity contribution in [2.45, 2.75) is 43.4 Å². The third-order valence-electron chi connectivity index (χ3n) is 6.83. The van der Waals surface area contributed by atoms with Gasteiger partial charge in [-0.3, -0.25) is 0 Å². The Balaban J connectivity index is 1.70. The number of sulfonamides is 1. The lowest BCUT2D eigenvalue weighted by molar-refractivity contribution is 0.396. The molecule has 2 aliphatic rings. The first-order valence-electron chi connectivity index (χ1n) is 10.6. The van der Waals surface area contributed by atoms with Crippen molar-refractivity contribution in [3.05, 3.63) is 58.3 Å². The first-order chi connectivity index (χ1) is 14.8. The number of H-pyrrole nitrogens is 1. The van der Waals surface area contributed by atoms with Gasteiger partial charge in [-0.2, -0.15) is 4.31 Å². The van der Waals surface area contributed by atoms with E-state index in [0.717, 1.165) is 46.1 Å². The van der Waals surface area contributed by atoms with Gasteiger partial charge in [-0.15, -0.1) is 0 Å². The fourth-order valence-electron chi connectivity index (χ4n) is 5.16. The van der Waals surface area contributed by atoms with Gasteiger partial charge >= 0.3 is 0 Å². The summed E-state index contributed by atoms with van der Waals surface area (Å²) in [6.45, 7) is 5.45. The Morgan fingerprint density at radius 3 is 2.58 bits per heavy atom. The molecule has 0 spiro atoms. The number of aromatic amines is 1. The Morgan fingerprint density at radius 2 is 1.90 bits per heavy atom. The van der Waals surface area contributed by atoms with Crippen LogP contribution >= 0.6 is 0 Å². The minimum Gasteiger partial charge on any atom is -0.495 e. The Labute approximate surface area is 182 Å². The number of nitrogens with zero attached hydrogens (tertiary/aromatic N) is 1. The maximum Gasteiger partial charge on any atom is 0.246 e. The number of hydrogen-bond donors (Lipinski definition) is 2. The summed E-state index contributed by atoms with van der Waals surface area (Å²) in [6, 6.07) is 9.74. The summed E-state index contributed by atoms with van der Waals surface area (Å²) in [6.07, 6.45) is 3.80. The average molecular weight is 438 g/mol. The molecule has 2 heterocycles. The van der Waals surface area contributed by atoms with Crippen molar-refractivity contribution in [2.24, 2.45) is 0 Å². The van der Waals surface area contributed by atoms with E-state index in [4.69, 9.17) is 10.1 Å². The van der Waals surface area contributed by atoms with Gasteiger partial charge in [-0.1, -0.05) is 26.0 Å². The van der Waals surface area contributed by atoms with Crippen LogP contribution in [0.2, 0.25) is 0 Å². The molecule has 2 N–H and O–H groups in total. The minimum atomic E-state index is -3.59. The summed E-state index contributed by atoms with van der Waals surface area (Å²) >= 11 is 0. The molecule has 31 heavy (non-hydrogen) atoms. The molecule has 3 aromatic rings. The van der Waals surface area contributed by atoms with E-state index < -0.39 is 10.0 Å². The van der Waals surface area contributed by atoms with Crippen LogP contribution in [0.15, 0.2) is 35.2 Å². The van der Waals surface area contributed by atoms with Crippen LogP contribution in [0.3, 0.4) is 0 Å².